The van der Waals surface area contributed by atoms with E-state index in [-0.39, 0.29) is 12.0 Å². The van der Waals surface area contributed by atoms with E-state index in [0.29, 0.717) is 6.61 Å². The standard InChI is InChI=1S/C21H21NO2/c1-22-13-16-14-23-19-11-5-4-10-18(19)21(16)24-20-12-6-8-15-7-2-3-9-17(15)20/h2-12,16,21-22H,13-14H2,1H3/t16-,21-/m0/s1. The number of rotatable bonds is 4. The van der Waals surface area contributed by atoms with Gasteiger partial charge < -0.3 is 14.8 Å². The van der Waals surface area contributed by atoms with Crippen molar-refractivity contribution in [1.29, 1.82) is 0 Å². The Morgan fingerprint density at radius 3 is 2.71 bits per heavy atom. The summed E-state index contributed by atoms with van der Waals surface area (Å²) in [5.74, 6) is 2.12. The third kappa shape index (κ3) is 2.72. The summed E-state index contributed by atoms with van der Waals surface area (Å²) in [6.45, 7) is 1.51. The van der Waals surface area contributed by atoms with Gasteiger partial charge in [0.05, 0.1) is 6.61 Å². The highest BCUT2D eigenvalue weighted by atomic mass is 16.5. The molecule has 1 heterocycles. The highest BCUT2D eigenvalue weighted by molar-refractivity contribution is 5.88. The van der Waals surface area contributed by atoms with Gasteiger partial charge in [-0.15, -0.1) is 0 Å². The van der Waals surface area contributed by atoms with E-state index < -0.39 is 0 Å². The Balaban J connectivity index is 1.75. The minimum absolute atomic E-state index is 0.0202. The first kappa shape index (κ1) is 15.0. The van der Waals surface area contributed by atoms with Crippen molar-refractivity contribution in [2.75, 3.05) is 20.2 Å². The van der Waals surface area contributed by atoms with Crippen LogP contribution in [0.1, 0.15) is 11.7 Å². The Bertz CT molecular complexity index is 841. The number of ether oxygens (including phenoxy) is 2. The van der Waals surface area contributed by atoms with Crippen LogP contribution < -0.4 is 14.8 Å². The van der Waals surface area contributed by atoms with E-state index in [1.807, 2.05) is 25.2 Å². The molecule has 0 radical (unpaired) electrons. The van der Waals surface area contributed by atoms with Crippen molar-refractivity contribution in [3.63, 3.8) is 0 Å². The number of para-hydroxylation sites is 1. The highest BCUT2D eigenvalue weighted by Crippen LogP contribution is 2.39. The second-order valence-electron chi connectivity index (χ2n) is 6.18. The average molecular weight is 319 g/mol. The molecule has 3 aromatic rings. The van der Waals surface area contributed by atoms with Crippen molar-refractivity contribution >= 4 is 10.8 Å². The van der Waals surface area contributed by atoms with Crippen molar-refractivity contribution in [2.45, 2.75) is 6.10 Å². The van der Waals surface area contributed by atoms with Crippen LogP contribution >= 0.6 is 0 Å². The molecule has 24 heavy (non-hydrogen) atoms. The zero-order chi connectivity index (χ0) is 16.4. The van der Waals surface area contributed by atoms with E-state index in [0.717, 1.165) is 29.0 Å². The van der Waals surface area contributed by atoms with Gasteiger partial charge >= 0.3 is 0 Å². The van der Waals surface area contributed by atoms with Crippen LogP contribution in [0.3, 0.4) is 0 Å². The number of benzene rings is 3. The fourth-order valence-electron chi connectivity index (χ4n) is 3.41. The van der Waals surface area contributed by atoms with Crippen molar-refractivity contribution in [3.8, 4) is 11.5 Å². The summed E-state index contributed by atoms with van der Waals surface area (Å²) in [4.78, 5) is 0. The molecular formula is C21H21NO2. The van der Waals surface area contributed by atoms with E-state index >= 15 is 0 Å². The van der Waals surface area contributed by atoms with Gasteiger partial charge in [-0.2, -0.15) is 0 Å². The Morgan fingerprint density at radius 2 is 1.79 bits per heavy atom. The van der Waals surface area contributed by atoms with Crippen molar-refractivity contribution in [2.24, 2.45) is 5.92 Å². The minimum atomic E-state index is -0.0202. The van der Waals surface area contributed by atoms with Crippen molar-refractivity contribution in [3.05, 3.63) is 72.3 Å². The second-order valence-corrected chi connectivity index (χ2v) is 6.18. The quantitative estimate of drug-likeness (QED) is 0.782. The maximum absolute atomic E-state index is 6.54. The van der Waals surface area contributed by atoms with Gasteiger partial charge in [-0.05, 0) is 24.6 Å². The normalized spacial score (nSPS) is 19.5. The van der Waals surface area contributed by atoms with Crippen LogP contribution in [-0.2, 0) is 0 Å². The van der Waals surface area contributed by atoms with Crippen LogP contribution in [0, 0.1) is 5.92 Å². The van der Waals surface area contributed by atoms with Crippen LogP contribution in [0.2, 0.25) is 0 Å². The molecule has 0 spiro atoms. The predicted molar refractivity (Wildman–Crippen MR) is 96.7 cm³/mol. The van der Waals surface area contributed by atoms with Gasteiger partial charge in [-0.1, -0.05) is 54.6 Å². The van der Waals surface area contributed by atoms with Crippen LogP contribution in [0.15, 0.2) is 66.7 Å². The molecule has 122 valence electrons. The zero-order valence-electron chi connectivity index (χ0n) is 13.7. The molecule has 0 bridgehead atoms. The van der Waals surface area contributed by atoms with Gasteiger partial charge in [0.25, 0.3) is 0 Å². The number of fused-ring (bicyclic) bond motifs is 2. The molecule has 0 aromatic heterocycles. The molecule has 1 N–H and O–H groups in total. The zero-order valence-corrected chi connectivity index (χ0v) is 13.7. The SMILES string of the molecule is CNC[C@H]1COc2ccccc2[C@H]1Oc1cccc2ccccc12. The van der Waals surface area contributed by atoms with Gasteiger partial charge in [0.2, 0.25) is 0 Å². The van der Waals surface area contributed by atoms with E-state index in [1.165, 1.54) is 5.39 Å². The average Bonchev–Trinajstić information content (AvgIpc) is 2.64. The van der Waals surface area contributed by atoms with Crippen LogP contribution in [0.5, 0.6) is 11.5 Å². The molecule has 1 aliphatic rings. The van der Waals surface area contributed by atoms with Crippen LogP contribution in [-0.4, -0.2) is 20.2 Å². The lowest BCUT2D eigenvalue weighted by Gasteiger charge is -2.34. The summed E-state index contributed by atoms with van der Waals surface area (Å²) in [5, 5.41) is 5.60. The van der Waals surface area contributed by atoms with E-state index in [2.05, 4.69) is 53.8 Å². The fourth-order valence-corrected chi connectivity index (χ4v) is 3.41. The molecule has 2 atom stereocenters. The number of hydrogen-bond acceptors (Lipinski definition) is 3. The summed E-state index contributed by atoms with van der Waals surface area (Å²) < 4.78 is 12.5. The van der Waals surface area contributed by atoms with Crippen molar-refractivity contribution < 1.29 is 9.47 Å². The van der Waals surface area contributed by atoms with Gasteiger partial charge in [0, 0.05) is 23.4 Å². The highest BCUT2D eigenvalue weighted by Gasteiger charge is 2.32. The van der Waals surface area contributed by atoms with Crippen molar-refractivity contribution in [1.82, 2.24) is 5.32 Å². The topological polar surface area (TPSA) is 30.5 Å². The Kier molecular flexibility index (Phi) is 4.09. The lowest BCUT2D eigenvalue weighted by atomic mass is 9.92. The molecule has 0 fully saturated rings. The molecule has 3 heteroatoms. The maximum Gasteiger partial charge on any atom is 0.135 e. The largest absolute Gasteiger partial charge is 0.493 e. The van der Waals surface area contributed by atoms with E-state index in [4.69, 9.17) is 9.47 Å². The summed E-state index contributed by atoms with van der Waals surface area (Å²) in [5.41, 5.74) is 1.12. The maximum atomic E-state index is 6.54. The molecule has 1 aliphatic heterocycles. The summed E-state index contributed by atoms with van der Waals surface area (Å²) in [6, 6.07) is 22.7. The fraction of sp³-hybridized carbons (Fsp3) is 0.238. The van der Waals surface area contributed by atoms with E-state index in [1.54, 1.807) is 0 Å². The molecule has 0 saturated carbocycles. The summed E-state index contributed by atoms with van der Waals surface area (Å²) in [6.07, 6.45) is -0.0202. The monoisotopic (exact) mass is 319 g/mol. The first-order valence-corrected chi connectivity index (χ1v) is 8.37. The Hall–Kier alpha value is -2.52. The Labute approximate surface area is 142 Å². The first-order chi connectivity index (χ1) is 11.9. The molecule has 0 saturated heterocycles. The molecule has 0 unspecified atom stereocenters. The second kappa shape index (κ2) is 6.54. The third-order valence-corrected chi connectivity index (χ3v) is 4.58. The third-order valence-electron chi connectivity index (χ3n) is 4.58. The molecule has 3 nitrogen and oxygen atoms in total. The molecule has 4 rings (SSSR count). The summed E-state index contributed by atoms with van der Waals surface area (Å²) in [7, 11) is 1.97. The van der Waals surface area contributed by atoms with Gasteiger partial charge in [-0.3, -0.25) is 0 Å². The number of hydrogen-bond donors (Lipinski definition) is 1. The smallest absolute Gasteiger partial charge is 0.135 e. The Morgan fingerprint density at radius 1 is 1.00 bits per heavy atom. The molecule has 0 aliphatic carbocycles. The van der Waals surface area contributed by atoms with Gasteiger partial charge in [0.15, 0.2) is 0 Å². The van der Waals surface area contributed by atoms with Crippen LogP contribution in [0.25, 0.3) is 10.8 Å². The predicted octanol–water partition coefficient (Wildman–Crippen LogP) is 4.19. The first-order valence-electron chi connectivity index (χ1n) is 8.37. The van der Waals surface area contributed by atoms with Gasteiger partial charge in [0.1, 0.15) is 17.6 Å². The van der Waals surface area contributed by atoms with Crippen LogP contribution in [0.4, 0.5) is 0 Å². The van der Waals surface area contributed by atoms with Gasteiger partial charge in [-0.25, -0.2) is 0 Å². The molecule has 3 aromatic carbocycles. The minimum Gasteiger partial charge on any atom is -0.493 e. The lowest BCUT2D eigenvalue weighted by Crippen LogP contribution is -2.35. The number of nitrogens with one attached hydrogen (secondary N) is 1. The molecule has 0 amide bonds. The van der Waals surface area contributed by atoms with E-state index in [9.17, 15) is 0 Å². The molecular weight excluding hydrogens is 298 g/mol. The lowest BCUT2D eigenvalue weighted by molar-refractivity contribution is 0.0716. The summed E-state index contributed by atoms with van der Waals surface area (Å²) >= 11 is 0.